The van der Waals surface area contributed by atoms with Crippen molar-refractivity contribution in [3.8, 4) is 22.3 Å². The van der Waals surface area contributed by atoms with E-state index < -0.39 is 5.41 Å². The van der Waals surface area contributed by atoms with Crippen LogP contribution in [0.4, 0.5) is 17.1 Å². The van der Waals surface area contributed by atoms with E-state index >= 15 is 0 Å². The number of anilines is 3. The summed E-state index contributed by atoms with van der Waals surface area (Å²) in [6.45, 7) is 8.76. The Bertz CT molecular complexity index is 2580. The number of benzene rings is 7. The van der Waals surface area contributed by atoms with Crippen LogP contribution in [0.15, 0.2) is 144 Å². The molecule has 0 N–H and O–H groups in total. The number of para-hydroxylation sites is 1. The maximum Gasteiger partial charge on any atom is 0.143 e. The third kappa shape index (κ3) is 3.83. The first-order valence-electron chi connectivity index (χ1n) is 17.2. The number of fused-ring (bicyclic) bond motifs is 14. The Morgan fingerprint density at radius 1 is 0.429 bits per heavy atom. The summed E-state index contributed by atoms with van der Waals surface area (Å²) in [4.78, 5) is 2.45. The molecule has 1 aromatic heterocycles. The smallest absolute Gasteiger partial charge is 0.143 e. The largest absolute Gasteiger partial charge is 0.455 e. The second-order valence-electron chi connectivity index (χ2n) is 14.1. The van der Waals surface area contributed by atoms with Crippen molar-refractivity contribution < 1.29 is 4.42 Å². The predicted octanol–water partition coefficient (Wildman–Crippen LogP) is 12.6. The topological polar surface area (TPSA) is 16.4 Å². The van der Waals surface area contributed by atoms with Crippen LogP contribution in [-0.2, 0) is 5.41 Å². The molecule has 234 valence electrons. The molecule has 1 heterocycles. The van der Waals surface area contributed by atoms with Gasteiger partial charge in [0.05, 0.1) is 5.41 Å². The van der Waals surface area contributed by atoms with Crippen molar-refractivity contribution in [2.45, 2.75) is 33.1 Å². The van der Waals surface area contributed by atoms with Gasteiger partial charge in [-0.1, -0.05) is 97.1 Å². The van der Waals surface area contributed by atoms with E-state index in [1.165, 1.54) is 78.1 Å². The van der Waals surface area contributed by atoms with Gasteiger partial charge in [0, 0.05) is 33.4 Å². The summed E-state index contributed by atoms with van der Waals surface area (Å²) in [5, 5.41) is 2.32. The zero-order valence-corrected chi connectivity index (χ0v) is 28.1. The lowest BCUT2D eigenvalue weighted by atomic mass is 9.70. The van der Waals surface area contributed by atoms with Crippen molar-refractivity contribution in [1.82, 2.24) is 0 Å². The molecular weight excluding hydrogens is 595 g/mol. The minimum Gasteiger partial charge on any atom is -0.455 e. The molecule has 2 aliphatic rings. The molecule has 10 rings (SSSR count). The number of hydrogen-bond acceptors (Lipinski definition) is 2. The SMILES string of the molecule is Cc1cc(C)cc(N(c2cc(C)cc(C)c2)c2ccc3c(c2)C2(c4ccccc4-3)c3ccccc3-c3c2ccc2c3oc3ccccc32)c1. The number of furan rings is 1. The molecule has 2 nitrogen and oxygen atoms in total. The summed E-state index contributed by atoms with van der Waals surface area (Å²) in [6.07, 6.45) is 0. The third-order valence-electron chi connectivity index (χ3n) is 10.8. The van der Waals surface area contributed by atoms with Gasteiger partial charge < -0.3 is 9.32 Å². The normalized spacial score (nSPS) is 15.4. The predicted molar refractivity (Wildman–Crippen MR) is 204 cm³/mol. The average Bonchev–Trinajstić information content (AvgIpc) is 3.71. The zero-order valence-electron chi connectivity index (χ0n) is 28.1. The van der Waals surface area contributed by atoms with Gasteiger partial charge in [0.25, 0.3) is 0 Å². The Hall–Kier alpha value is -5.86. The Morgan fingerprint density at radius 2 is 1.00 bits per heavy atom. The standard InChI is InChI=1S/C47H35NO/c1-28-21-29(2)24-33(23-28)48(34-25-30(3)22-31(4)26-34)32-17-18-36-35-11-5-8-14-40(35)47(43(36)27-32)41-15-9-6-13-39(41)45-42(47)20-19-38-37-12-7-10-16-44(37)49-46(38)45/h5-27H,1-4H3. The second-order valence-corrected chi connectivity index (χ2v) is 14.1. The molecule has 1 atom stereocenters. The van der Waals surface area contributed by atoms with Crippen LogP contribution in [0.1, 0.15) is 44.5 Å². The molecule has 1 unspecified atom stereocenters. The van der Waals surface area contributed by atoms with E-state index in [4.69, 9.17) is 4.42 Å². The van der Waals surface area contributed by atoms with E-state index in [0.717, 1.165) is 27.6 Å². The summed E-state index contributed by atoms with van der Waals surface area (Å²) in [5.74, 6) is 0. The number of hydrogen-bond donors (Lipinski definition) is 0. The average molecular weight is 630 g/mol. The van der Waals surface area contributed by atoms with Gasteiger partial charge in [0.2, 0.25) is 0 Å². The van der Waals surface area contributed by atoms with Gasteiger partial charge in [-0.2, -0.15) is 0 Å². The third-order valence-corrected chi connectivity index (χ3v) is 10.8. The van der Waals surface area contributed by atoms with Crippen molar-refractivity contribution >= 4 is 39.0 Å². The zero-order chi connectivity index (χ0) is 33.0. The molecule has 2 aliphatic carbocycles. The molecular formula is C47H35NO. The molecule has 0 aliphatic heterocycles. The van der Waals surface area contributed by atoms with Crippen LogP contribution in [0.5, 0.6) is 0 Å². The van der Waals surface area contributed by atoms with Crippen LogP contribution < -0.4 is 4.90 Å². The summed E-state index contributed by atoms with van der Waals surface area (Å²) < 4.78 is 6.74. The van der Waals surface area contributed by atoms with E-state index in [1.54, 1.807) is 0 Å². The number of nitrogens with zero attached hydrogens (tertiary/aromatic N) is 1. The lowest BCUT2D eigenvalue weighted by Gasteiger charge is -2.32. The van der Waals surface area contributed by atoms with Gasteiger partial charge in [-0.3, -0.25) is 0 Å². The molecule has 7 aromatic carbocycles. The first kappa shape index (κ1) is 28.2. The molecule has 1 spiro atoms. The maximum absolute atomic E-state index is 6.74. The maximum atomic E-state index is 6.74. The molecule has 0 amide bonds. The van der Waals surface area contributed by atoms with E-state index in [9.17, 15) is 0 Å². The highest BCUT2D eigenvalue weighted by Gasteiger charge is 2.52. The van der Waals surface area contributed by atoms with Crippen LogP contribution >= 0.6 is 0 Å². The molecule has 2 heteroatoms. The Balaban J connectivity index is 1.31. The van der Waals surface area contributed by atoms with E-state index in [-0.39, 0.29) is 0 Å². The van der Waals surface area contributed by atoms with Crippen LogP contribution in [-0.4, -0.2) is 0 Å². The first-order valence-corrected chi connectivity index (χ1v) is 17.2. The number of rotatable bonds is 3. The highest BCUT2D eigenvalue weighted by Crippen LogP contribution is 2.64. The molecule has 0 saturated heterocycles. The van der Waals surface area contributed by atoms with Crippen LogP contribution in [0.25, 0.3) is 44.2 Å². The monoisotopic (exact) mass is 629 g/mol. The summed E-state index contributed by atoms with van der Waals surface area (Å²) in [7, 11) is 0. The van der Waals surface area contributed by atoms with Gasteiger partial charge in [-0.05, 0) is 131 Å². The fourth-order valence-electron chi connectivity index (χ4n) is 9.14. The van der Waals surface area contributed by atoms with Gasteiger partial charge in [0.1, 0.15) is 11.2 Å². The van der Waals surface area contributed by atoms with Crippen molar-refractivity contribution in [2.24, 2.45) is 0 Å². The van der Waals surface area contributed by atoms with Crippen molar-refractivity contribution in [3.63, 3.8) is 0 Å². The van der Waals surface area contributed by atoms with Crippen LogP contribution in [0.3, 0.4) is 0 Å². The van der Waals surface area contributed by atoms with Crippen molar-refractivity contribution in [1.29, 1.82) is 0 Å². The van der Waals surface area contributed by atoms with Crippen LogP contribution in [0, 0.1) is 27.7 Å². The summed E-state index contributed by atoms with van der Waals surface area (Å²) in [6, 6.07) is 52.0. The molecule has 49 heavy (non-hydrogen) atoms. The van der Waals surface area contributed by atoms with Gasteiger partial charge >= 0.3 is 0 Å². The highest BCUT2D eigenvalue weighted by molar-refractivity contribution is 6.13. The first-order chi connectivity index (χ1) is 23.9. The summed E-state index contributed by atoms with van der Waals surface area (Å²) >= 11 is 0. The van der Waals surface area contributed by atoms with Gasteiger partial charge in [0.15, 0.2) is 0 Å². The molecule has 8 aromatic rings. The minimum absolute atomic E-state index is 0.488. The van der Waals surface area contributed by atoms with E-state index in [0.29, 0.717) is 0 Å². The van der Waals surface area contributed by atoms with Gasteiger partial charge in [-0.25, -0.2) is 0 Å². The van der Waals surface area contributed by atoms with Gasteiger partial charge in [-0.15, -0.1) is 0 Å². The Labute approximate surface area is 286 Å². The molecule has 0 bridgehead atoms. The fourth-order valence-corrected chi connectivity index (χ4v) is 9.14. The second kappa shape index (κ2) is 10.1. The van der Waals surface area contributed by atoms with Crippen LogP contribution in [0.2, 0.25) is 0 Å². The minimum atomic E-state index is -0.488. The summed E-state index contributed by atoms with van der Waals surface area (Å²) in [5.41, 5.74) is 20.2. The Kier molecular flexibility index (Phi) is 5.79. The van der Waals surface area contributed by atoms with E-state index in [2.05, 4.69) is 172 Å². The Morgan fingerprint density at radius 3 is 1.69 bits per heavy atom. The highest BCUT2D eigenvalue weighted by atomic mass is 16.3. The van der Waals surface area contributed by atoms with Crippen molar-refractivity contribution in [3.05, 3.63) is 184 Å². The molecule has 0 saturated carbocycles. The fraction of sp³-hybridized carbons (Fsp3) is 0.106. The molecule has 0 fully saturated rings. The van der Waals surface area contributed by atoms with Crippen molar-refractivity contribution in [2.75, 3.05) is 4.90 Å². The molecule has 0 radical (unpaired) electrons. The van der Waals surface area contributed by atoms with E-state index in [1.807, 2.05) is 0 Å². The quantitative estimate of drug-likeness (QED) is 0.193. The lowest BCUT2D eigenvalue weighted by molar-refractivity contribution is 0.669. The lowest BCUT2D eigenvalue weighted by Crippen LogP contribution is -2.26. The number of aryl methyl sites for hydroxylation is 4.